The first-order valence-corrected chi connectivity index (χ1v) is 7.99. The number of aromatic nitrogens is 4. The quantitative estimate of drug-likeness (QED) is 0.575. The standard InChI is InChI=1S/C17H17N5O3/c1-2-23-17-11-9-14(25-13(11)5-7-19-17)12-10-20-15-3-4-16(21-22(12)15)24-8-6-18/h3-5,7,9-10H,2,6,8,18H2,1H3. The van der Waals surface area contributed by atoms with Crippen LogP contribution in [-0.4, -0.2) is 39.3 Å². The summed E-state index contributed by atoms with van der Waals surface area (Å²) in [7, 11) is 0. The molecule has 0 aliphatic carbocycles. The first-order valence-electron chi connectivity index (χ1n) is 7.99. The van der Waals surface area contributed by atoms with Gasteiger partial charge < -0.3 is 19.6 Å². The molecular formula is C17H17N5O3. The summed E-state index contributed by atoms with van der Waals surface area (Å²) < 4.78 is 18.7. The zero-order valence-electron chi connectivity index (χ0n) is 13.7. The topological polar surface area (TPSA) is 101 Å². The van der Waals surface area contributed by atoms with E-state index in [1.807, 2.05) is 19.1 Å². The fourth-order valence-corrected chi connectivity index (χ4v) is 2.58. The van der Waals surface area contributed by atoms with Crippen LogP contribution in [-0.2, 0) is 0 Å². The fourth-order valence-electron chi connectivity index (χ4n) is 2.58. The van der Waals surface area contributed by atoms with E-state index in [1.165, 1.54) is 0 Å². The molecule has 0 saturated heterocycles. The molecule has 0 aliphatic heterocycles. The normalized spacial score (nSPS) is 11.3. The third-order valence-corrected chi connectivity index (χ3v) is 3.65. The van der Waals surface area contributed by atoms with Gasteiger partial charge in [-0.1, -0.05) is 0 Å². The molecule has 0 saturated carbocycles. The Kier molecular flexibility index (Phi) is 3.95. The van der Waals surface area contributed by atoms with E-state index in [-0.39, 0.29) is 0 Å². The van der Waals surface area contributed by atoms with E-state index in [1.54, 1.807) is 29.0 Å². The highest BCUT2D eigenvalue weighted by molar-refractivity contribution is 5.86. The van der Waals surface area contributed by atoms with E-state index in [0.29, 0.717) is 54.2 Å². The van der Waals surface area contributed by atoms with E-state index < -0.39 is 0 Å². The number of imidazole rings is 1. The van der Waals surface area contributed by atoms with Crippen molar-refractivity contribution in [1.29, 1.82) is 0 Å². The van der Waals surface area contributed by atoms with E-state index in [2.05, 4.69) is 15.1 Å². The van der Waals surface area contributed by atoms with Gasteiger partial charge in [-0.3, -0.25) is 0 Å². The molecule has 0 bridgehead atoms. The minimum absolute atomic E-state index is 0.399. The number of nitrogens with zero attached hydrogens (tertiary/aromatic N) is 4. The van der Waals surface area contributed by atoms with Gasteiger partial charge in [0.25, 0.3) is 0 Å². The second kappa shape index (κ2) is 6.40. The van der Waals surface area contributed by atoms with Crippen LogP contribution in [0.3, 0.4) is 0 Å². The molecule has 8 heteroatoms. The van der Waals surface area contributed by atoms with Gasteiger partial charge in [-0.05, 0) is 19.1 Å². The van der Waals surface area contributed by atoms with Crippen LogP contribution in [0.4, 0.5) is 0 Å². The highest BCUT2D eigenvalue weighted by atomic mass is 16.5. The largest absolute Gasteiger partial charge is 0.477 e. The molecule has 0 amide bonds. The zero-order valence-corrected chi connectivity index (χ0v) is 13.7. The van der Waals surface area contributed by atoms with Gasteiger partial charge in [-0.25, -0.2) is 14.5 Å². The summed E-state index contributed by atoms with van der Waals surface area (Å²) in [4.78, 5) is 8.61. The first-order chi connectivity index (χ1) is 12.3. The summed E-state index contributed by atoms with van der Waals surface area (Å²) in [5.74, 6) is 1.65. The van der Waals surface area contributed by atoms with E-state index in [9.17, 15) is 0 Å². The summed E-state index contributed by atoms with van der Waals surface area (Å²) in [6, 6.07) is 7.27. The molecule has 2 N–H and O–H groups in total. The number of fused-ring (bicyclic) bond motifs is 2. The highest BCUT2D eigenvalue weighted by Gasteiger charge is 2.15. The lowest BCUT2D eigenvalue weighted by molar-refractivity contribution is 0.310. The second-order valence-corrected chi connectivity index (χ2v) is 5.29. The van der Waals surface area contributed by atoms with E-state index in [0.717, 1.165) is 5.39 Å². The van der Waals surface area contributed by atoms with Gasteiger partial charge in [0.2, 0.25) is 11.8 Å². The van der Waals surface area contributed by atoms with Gasteiger partial charge in [-0.2, -0.15) is 0 Å². The highest BCUT2D eigenvalue weighted by Crippen LogP contribution is 2.32. The number of furan rings is 1. The van der Waals surface area contributed by atoms with E-state index >= 15 is 0 Å². The van der Waals surface area contributed by atoms with Crippen molar-refractivity contribution >= 4 is 16.6 Å². The molecule has 0 spiro atoms. The molecule has 0 radical (unpaired) electrons. The molecular weight excluding hydrogens is 322 g/mol. The van der Waals surface area contributed by atoms with Crippen molar-refractivity contribution in [2.45, 2.75) is 6.92 Å². The molecule has 0 aromatic carbocycles. The molecule has 4 heterocycles. The maximum Gasteiger partial charge on any atom is 0.231 e. The Hall–Kier alpha value is -3.13. The average Bonchev–Trinajstić information content (AvgIpc) is 3.24. The second-order valence-electron chi connectivity index (χ2n) is 5.29. The first kappa shape index (κ1) is 15.4. The Morgan fingerprint density at radius 1 is 1.20 bits per heavy atom. The van der Waals surface area contributed by atoms with Crippen LogP contribution in [0.25, 0.3) is 28.1 Å². The van der Waals surface area contributed by atoms with Crippen molar-refractivity contribution in [3.63, 3.8) is 0 Å². The van der Waals surface area contributed by atoms with Crippen molar-refractivity contribution in [2.24, 2.45) is 5.73 Å². The lowest BCUT2D eigenvalue weighted by Gasteiger charge is -2.04. The molecule has 0 unspecified atom stereocenters. The van der Waals surface area contributed by atoms with E-state index in [4.69, 9.17) is 19.6 Å². The van der Waals surface area contributed by atoms with Gasteiger partial charge >= 0.3 is 0 Å². The van der Waals surface area contributed by atoms with Crippen LogP contribution in [0.1, 0.15) is 6.92 Å². The van der Waals surface area contributed by atoms with Crippen LogP contribution in [0.2, 0.25) is 0 Å². The Balaban J connectivity index is 1.81. The average molecular weight is 339 g/mol. The predicted octanol–water partition coefficient (Wildman–Crippen LogP) is 2.27. The summed E-state index contributed by atoms with van der Waals surface area (Å²) in [5, 5.41) is 5.26. The number of hydrogen-bond acceptors (Lipinski definition) is 7. The fraction of sp³-hybridized carbons (Fsp3) is 0.235. The van der Waals surface area contributed by atoms with Crippen molar-refractivity contribution in [3.8, 4) is 23.2 Å². The van der Waals surface area contributed by atoms with Crippen molar-refractivity contribution in [3.05, 3.63) is 36.7 Å². The third kappa shape index (κ3) is 2.76. The van der Waals surface area contributed by atoms with Crippen LogP contribution >= 0.6 is 0 Å². The molecule has 0 aliphatic rings. The van der Waals surface area contributed by atoms with Crippen molar-refractivity contribution < 1.29 is 13.9 Å². The molecule has 8 nitrogen and oxygen atoms in total. The van der Waals surface area contributed by atoms with Gasteiger partial charge in [0.1, 0.15) is 17.9 Å². The number of nitrogens with two attached hydrogens (primary N) is 1. The molecule has 4 aromatic heterocycles. The van der Waals surface area contributed by atoms with Crippen LogP contribution in [0, 0.1) is 0 Å². The van der Waals surface area contributed by atoms with Crippen LogP contribution in [0.15, 0.2) is 41.1 Å². The van der Waals surface area contributed by atoms with Gasteiger partial charge in [0.15, 0.2) is 11.4 Å². The Morgan fingerprint density at radius 3 is 2.96 bits per heavy atom. The summed E-state index contributed by atoms with van der Waals surface area (Å²) in [6.45, 7) is 3.27. The zero-order chi connectivity index (χ0) is 17.2. The number of ether oxygens (including phenoxy) is 2. The molecule has 0 atom stereocenters. The minimum atomic E-state index is 0.399. The third-order valence-electron chi connectivity index (χ3n) is 3.65. The summed E-state index contributed by atoms with van der Waals surface area (Å²) in [6.07, 6.45) is 3.37. The Bertz CT molecular complexity index is 1020. The van der Waals surface area contributed by atoms with Crippen molar-refractivity contribution in [1.82, 2.24) is 19.6 Å². The summed E-state index contributed by atoms with van der Waals surface area (Å²) >= 11 is 0. The number of rotatable bonds is 6. The maximum atomic E-state index is 5.95. The van der Waals surface area contributed by atoms with Crippen molar-refractivity contribution in [2.75, 3.05) is 19.8 Å². The molecule has 128 valence electrons. The maximum absolute atomic E-state index is 5.95. The summed E-state index contributed by atoms with van der Waals surface area (Å²) in [5.41, 5.74) is 7.57. The minimum Gasteiger partial charge on any atom is -0.477 e. The monoisotopic (exact) mass is 339 g/mol. The van der Waals surface area contributed by atoms with Gasteiger partial charge in [0.05, 0.1) is 18.2 Å². The molecule has 4 aromatic rings. The van der Waals surface area contributed by atoms with Crippen LogP contribution in [0.5, 0.6) is 11.8 Å². The number of pyridine rings is 1. The number of hydrogen-bond donors (Lipinski definition) is 1. The predicted molar refractivity (Wildman–Crippen MR) is 91.7 cm³/mol. The smallest absolute Gasteiger partial charge is 0.231 e. The lowest BCUT2D eigenvalue weighted by atomic mass is 10.3. The van der Waals surface area contributed by atoms with Gasteiger partial charge in [0, 0.05) is 24.9 Å². The van der Waals surface area contributed by atoms with Gasteiger partial charge in [-0.15, -0.1) is 5.10 Å². The van der Waals surface area contributed by atoms with Crippen LogP contribution < -0.4 is 15.2 Å². The Morgan fingerprint density at radius 2 is 2.12 bits per heavy atom. The lowest BCUT2D eigenvalue weighted by Crippen LogP contribution is -2.12. The molecule has 0 fully saturated rings. The molecule has 25 heavy (non-hydrogen) atoms. The SMILES string of the molecule is CCOc1nccc2oc(-c3cnc4ccc(OCCN)nn34)cc12. The Labute approximate surface area is 143 Å². The molecule has 4 rings (SSSR count).